The van der Waals surface area contributed by atoms with Crippen LogP contribution in [0.3, 0.4) is 0 Å². The maximum Gasteiger partial charge on any atom is 0.244 e. The van der Waals surface area contributed by atoms with Gasteiger partial charge in [0.1, 0.15) is 12.4 Å². The summed E-state index contributed by atoms with van der Waals surface area (Å²) in [5.74, 6) is 1.81. The largest absolute Gasteiger partial charge is 0.342 e. The third-order valence-corrected chi connectivity index (χ3v) is 2.83. The summed E-state index contributed by atoms with van der Waals surface area (Å²) >= 11 is 0. The summed E-state index contributed by atoms with van der Waals surface area (Å²) in [6.45, 7) is 9.81. The smallest absolute Gasteiger partial charge is 0.244 e. The maximum atomic E-state index is 12.0. The zero-order valence-corrected chi connectivity index (χ0v) is 11.2. The van der Waals surface area contributed by atoms with Crippen molar-refractivity contribution < 1.29 is 4.79 Å². The molecule has 0 radical (unpaired) electrons. The van der Waals surface area contributed by atoms with E-state index in [0.717, 1.165) is 37.6 Å². The Kier molecular flexibility index (Phi) is 5.12. The summed E-state index contributed by atoms with van der Waals surface area (Å²) in [6, 6.07) is 0. The van der Waals surface area contributed by atoms with Crippen LogP contribution in [0.25, 0.3) is 0 Å². The average molecular weight is 238 g/mol. The molecule has 0 saturated heterocycles. The Hall–Kier alpha value is -1.39. The van der Waals surface area contributed by atoms with E-state index < -0.39 is 0 Å². The highest BCUT2D eigenvalue weighted by atomic mass is 16.2. The molecule has 1 amide bonds. The molecule has 0 spiro atoms. The molecule has 1 heterocycles. The summed E-state index contributed by atoms with van der Waals surface area (Å²) in [6.07, 6.45) is 1.61. The number of rotatable bonds is 6. The van der Waals surface area contributed by atoms with Crippen molar-refractivity contribution >= 4 is 5.91 Å². The lowest BCUT2D eigenvalue weighted by atomic mass is 10.4. The minimum absolute atomic E-state index is 0.109. The van der Waals surface area contributed by atoms with E-state index in [4.69, 9.17) is 0 Å². The van der Waals surface area contributed by atoms with Crippen molar-refractivity contribution in [3.8, 4) is 0 Å². The van der Waals surface area contributed by atoms with Gasteiger partial charge in [-0.2, -0.15) is 5.10 Å². The molecule has 0 saturated carbocycles. The van der Waals surface area contributed by atoms with Gasteiger partial charge in [-0.25, -0.2) is 9.67 Å². The van der Waals surface area contributed by atoms with Gasteiger partial charge in [0.25, 0.3) is 0 Å². The fourth-order valence-electron chi connectivity index (χ4n) is 1.77. The van der Waals surface area contributed by atoms with Crippen molar-refractivity contribution in [2.24, 2.45) is 0 Å². The zero-order valence-electron chi connectivity index (χ0n) is 11.2. The van der Waals surface area contributed by atoms with Gasteiger partial charge in [0.2, 0.25) is 5.91 Å². The normalized spacial score (nSPS) is 10.6. The molecular formula is C12H22N4O. The molecule has 0 aliphatic rings. The first kappa shape index (κ1) is 13.7. The fourth-order valence-corrected chi connectivity index (χ4v) is 1.77. The monoisotopic (exact) mass is 238 g/mol. The van der Waals surface area contributed by atoms with Crippen LogP contribution >= 0.6 is 0 Å². The molecule has 0 aliphatic heterocycles. The molecule has 0 unspecified atom stereocenters. The second-order valence-electron chi connectivity index (χ2n) is 3.88. The lowest BCUT2D eigenvalue weighted by Crippen LogP contribution is -2.34. The quantitative estimate of drug-likeness (QED) is 0.750. The predicted molar refractivity (Wildman–Crippen MR) is 66.7 cm³/mol. The topological polar surface area (TPSA) is 51.0 Å². The number of carbonyl (C=O) groups is 1. The van der Waals surface area contributed by atoms with Crippen molar-refractivity contribution in [3.05, 3.63) is 11.6 Å². The lowest BCUT2D eigenvalue weighted by molar-refractivity contribution is -0.131. The van der Waals surface area contributed by atoms with Crippen molar-refractivity contribution in [1.29, 1.82) is 0 Å². The van der Waals surface area contributed by atoms with Crippen molar-refractivity contribution in [1.82, 2.24) is 19.7 Å². The first-order chi connectivity index (χ1) is 8.15. The van der Waals surface area contributed by atoms with Gasteiger partial charge in [0, 0.05) is 25.9 Å². The van der Waals surface area contributed by atoms with Crippen LogP contribution in [0.2, 0.25) is 0 Å². The Balaban J connectivity index is 2.79. The van der Waals surface area contributed by atoms with Crippen LogP contribution in [0.5, 0.6) is 0 Å². The molecule has 1 rings (SSSR count). The van der Waals surface area contributed by atoms with Gasteiger partial charge in [-0.3, -0.25) is 4.79 Å². The van der Waals surface area contributed by atoms with Gasteiger partial charge in [-0.1, -0.05) is 13.8 Å². The highest BCUT2D eigenvalue weighted by Crippen LogP contribution is 2.02. The Morgan fingerprint density at radius 3 is 2.29 bits per heavy atom. The Morgan fingerprint density at radius 2 is 1.82 bits per heavy atom. The number of hydrogen-bond donors (Lipinski definition) is 0. The summed E-state index contributed by atoms with van der Waals surface area (Å²) in [5.41, 5.74) is 0. The average Bonchev–Trinajstić information content (AvgIpc) is 2.73. The van der Waals surface area contributed by atoms with E-state index in [1.54, 1.807) is 4.68 Å². The number of aryl methyl sites for hydroxylation is 2. The third kappa shape index (κ3) is 3.28. The van der Waals surface area contributed by atoms with E-state index in [9.17, 15) is 4.79 Å². The molecule has 0 bridgehead atoms. The second-order valence-corrected chi connectivity index (χ2v) is 3.88. The molecule has 96 valence electrons. The van der Waals surface area contributed by atoms with E-state index in [1.165, 1.54) is 0 Å². The first-order valence-corrected chi connectivity index (χ1v) is 6.36. The molecular weight excluding hydrogens is 216 g/mol. The second kappa shape index (κ2) is 6.37. The first-order valence-electron chi connectivity index (χ1n) is 6.36. The predicted octanol–water partition coefficient (Wildman–Crippen LogP) is 1.27. The molecule has 17 heavy (non-hydrogen) atoms. The SMILES string of the molecule is CCc1nc(CC)n(CC(=O)N(CC)CC)n1. The number of nitrogens with zero attached hydrogens (tertiary/aromatic N) is 4. The standard InChI is InChI=1S/C12H22N4O/c1-5-10-13-11(6-2)16(14-10)9-12(17)15(7-3)8-4/h5-9H2,1-4H3. The van der Waals surface area contributed by atoms with Crippen molar-refractivity contribution in [2.75, 3.05) is 13.1 Å². The number of likely N-dealkylation sites (N-methyl/N-ethyl adjacent to an activating group) is 1. The van der Waals surface area contributed by atoms with Crippen LogP contribution in [0.1, 0.15) is 39.3 Å². The van der Waals surface area contributed by atoms with Crippen molar-refractivity contribution in [3.63, 3.8) is 0 Å². The van der Waals surface area contributed by atoms with Crippen LogP contribution < -0.4 is 0 Å². The summed E-state index contributed by atoms with van der Waals surface area (Å²) in [5, 5.41) is 4.35. The number of carbonyl (C=O) groups excluding carboxylic acids is 1. The zero-order chi connectivity index (χ0) is 12.8. The molecule has 5 heteroatoms. The van der Waals surface area contributed by atoms with E-state index in [0.29, 0.717) is 6.54 Å². The molecule has 1 aromatic heterocycles. The van der Waals surface area contributed by atoms with Gasteiger partial charge in [-0.15, -0.1) is 0 Å². The van der Waals surface area contributed by atoms with Gasteiger partial charge in [0.15, 0.2) is 5.82 Å². The highest BCUT2D eigenvalue weighted by molar-refractivity contribution is 5.75. The molecule has 0 aromatic carbocycles. The van der Waals surface area contributed by atoms with Crippen LogP contribution in [-0.4, -0.2) is 38.7 Å². The van der Waals surface area contributed by atoms with Gasteiger partial charge < -0.3 is 4.90 Å². The van der Waals surface area contributed by atoms with Crippen LogP contribution in [-0.2, 0) is 24.2 Å². The van der Waals surface area contributed by atoms with Crippen molar-refractivity contribution in [2.45, 2.75) is 47.1 Å². The van der Waals surface area contributed by atoms with Gasteiger partial charge in [-0.05, 0) is 13.8 Å². The number of amides is 1. The molecule has 5 nitrogen and oxygen atoms in total. The molecule has 0 fully saturated rings. The minimum atomic E-state index is 0.109. The minimum Gasteiger partial charge on any atom is -0.342 e. The summed E-state index contributed by atoms with van der Waals surface area (Å²) in [4.78, 5) is 18.2. The molecule has 0 atom stereocenters. The molecule has 1 aromatic rings. The fraction of sp³-hybridized carbons (Fsp3) is 0.750. The van der Waals surface area contributed by atoms with Crippen LogP contribution in [0, 0.1) is 0 Å². The Bertz CT molecular complexity index is 369. The van der Waals surface area contributed by atoms with Crippen LogP contribution in [0.15, 0.2) is 0 Å². The summed E-state index contributed by atoms with van der Waals surface area (Å²) in [7, 11) is 0. The highest BCUT2D eigenvalue weighted by Gasteiger charge is 2.14. The van der Waals surface area contributed by atoms with Gasteiger partial charge in [0.05, 0.1) is 0 Å². The molecule has 0 N–H and O–H groups in total. The number of aromatic nitrogens is 3. The lowest BCUT2D eigenvalue weighted by Gasteiger charge is -2.18. The van der Waals surface area contributed by atoms with E-state index >= 15 is 0 Å². The third-order valence-electron chi connectivity index (χ3n) is 2.83. The van der Waals surface area contributed by atoms with E-state index in [2.05, 4.69) is 10.1 Å². The Morgan fingerprint density at radius 1 is 1.18 bits per heavy atom. The maximum absolute atomic E-state index is 12.0. The van der Waals surface area contributed by atoms with E-state index in [1.807, 2.05) is 32.6 Å². The van der Waals surface area contributed by atoms with E-state index in [-0.39, 0.29) is 5.91 Å². The molecule has 0 aliphatic carbocycles. The number of hydrogen-bond acceptors (Lipinski definition) is 3. The Labute approximate surface area is 103 Å². The van der Waals surface area contributed by atoms with Gasteiger partial charge >= 0.3 is 0 Å². The summed E-state index contributed by atoms with van der Waals surface area (Å²) < 4.78 is 1.74. The van der Waals surface area contributed by atoms with Crippen LogP contribution in [0.4, 0.5) is 0 Å².